The number of aryl methyl sites for hydroxylation is 1. The van der Waals surface area contributed by atoms with Crippen LogP contribution in [-0.4, -0.2) is 9.97 Å². The van der Waals surface area contributed by atoms with Gasteiger partial charge in [-0.15, -0.1) is 0 Å². The van der Waals surface area contributed by atoms with Crippen molar-refractivity contribution in [1.29, 1.82) is 5.26 Å². The van der Waals surface area contributed by atoms with Gasteiger partial charge in [-0.25, -0.2) is 4.98 Å². The van der Waals surface area contributed by atoms with Crippen molar-refractivity contribution in [2.75, 3.05) is 0 Å². The average Bonchev–Trinajstić information content (AvgIpc) is 2.54. The smallest absolute Gasteiger partial charge is 0.149 e. The maximum Gasteiger partial charge on any atom is 0.149 e. The fourth-order valence-corrected chi connectivity index (χ4v) is 1.28. The van der Waals surface area contributed by atoms with E-state index in [0.29, 0.717) is 5.69 Å². The molecule has 0 unspecified atom stereocenters. The Morgan fingerprint density at radius 2 is 2.42 bits per heavy atom. The summed E-state index contributed by atoms with van der Waals surface area (Å²) in [6.45, 7) is 1.97. The summed E-state index contributed by atoms with van der Waals surface area (Å²) in [4.78, 5) is 7.09. The molecule has 0 aromatic carbocycles. The second kappa shape index (κ2) is 2.35. The molecule has 0 fully saturated rings. The zero-order valence-electron chi connectivity index (χ0n) is 6.63. The van der Waals surface area contributed by atoms with Crippen molar-refractivity contribution < 1.29 is 0 Å². The number of rotatable bonds is 0. The summed E-state index contributed by atoms with van der Waals surface area (Å²) in [7, 11) is 0. The molecule has 3 heteroatoms. The predicted octanol–water partition coefficient (Wildman–Crippen LogP) is 1.74. The molecule has 2 aromatic rings. The largest absolute Gasteiger partial charge is 0.361 e. The molecular weight excluding hydrogens is 150 g/mol. The Kier molecular flexibility index (Phi) is 1.34. The fourth-order valence-electron chi connectivity index (χ4n) is 1.28. The number of aromatic amines is 1. The van der Waals surface area contributed by atoms with Crippen LogP contribution in [0.1, 0.15) is 11.3 Å². The van der Waals surface area contributed by atoms with Gasteiger partial charge in [0.2, 0.25) is 0 Å². The molecule has 0 bridgehead atoms. The number of pyridine rings is 1. The van der Waals surface area contributed by atoms with Gasteiger partial charge >= 0.3 is 0 Å². The Morgan fingerprint density at radius 3 is 3.17 bits per heavy atom. The molecule has 2 rings (SSSR count). The van der Waals surface area contributed by atoms with E-state index in [0.717, 1.165) is 16.5 Å². The number of fused-ring (bicyclic) bond motifs is 1. The minimum Gasteiger partial charge on any atom is -0.361 e. The first-order valence-electron chi connectivity index (χ1n) is 3.65. The van der Waals surface area contributed by atoms with Crippen molar-refractivity contribution in [3.05, 3.63) is 29.7 Å². The molecule has 0 radical (unpaired) electrons. The van der Waals surface area contributed by atoms with Crippen LogP contribution in [0.15, 0.2) is 18.5 Å². The SMILES string of the molecule is Cc1cnc(C#N)c2cc[nH]c12. The zero-order chi connectivity index (χ0) is 8.55. The standard InChI is InChI=1S/C9H7N3/c1-6-5-12-8(4-10)7-2-3-11-9(6)7/h2-3,5,11H,1H3. The van der Waals surface area contributed by atoms with Crippen LogP contribution in [0, 0.1) is 18.3 Å². The molecule has 0 saturated heterocycles. The third kappa shape index (κ3) is 0.785. The number of hydrogen-bond donors (Lipinski definition) is 1. The molecule has 12 heavy (non-hydrogen) atoms. The molecule has 0 spiro atoms. The lowest BCUT2D eigenvalue weighted by molar-refractivity contribution is 1.25. The monoisotopic (exact) mass is 157 g/mol. The molecular formula is C9H7N3. The average molecular weight is 157 g/mol. The molecule has 58 valence electrons. The molecule has 0 aliphatic rings. The van der Waals surface area contributed by atoms with Gasteiger partial charge in [0.15, 0.2) is 0 Å². The Morgan fingerprint density at radius 1 is 1.58 bits per heavy atom. The Labute approximate surface area is 69.7 Å². The highest BCUT2D eigenvalue weighted by Crippen LogP contribution is 2.17. The van der Waals surface area contributed by atoms with Crippen molar-refractivity contribution in [2.45, 2.75) is 6.92 Å². The molecule has 0 aliphatic heterocycles. The summed E-state index contributed by atoms with van der Waals surface area (Å²) in [5.74, 6) is 0. The first-order chi connectivity index (χ1) is 5.83. The van der Waals surface area contributed by atoms with Gasteiger partial charge in [-0.2, -0.15) is 5.26 Å². The van der Waals surface area contributed by atoms with E-state index in [1.54, 1.807) is 6.20 Å². The number of nitrogens with zero attached hydrogens (tertiary/aromatic N) is 2. The van der Waals surface area contributed by atoms with Crippen molar-refractivity contribution in [2.24, 2.45) is 0 Å². The number of H-pyrrole nitrogens is 1. The first kappa shape index (κ1) is 6.86. The molecule has 1 N–H and O–H groups in total. The number of nitriles is 1. The lowest BCUT2D eigenvalue weighted by atomic mass is 10.2. The maximum absolute atomic E-state index is 8.72. The summed E-state index contributed by atoms with van der Waals surface area (Å²) in [6, 6.07) is 3.92. The Balaban J connectivity index is 2.94. The van der Waals surface area contributed by atoms with Crippen molar-refractivity contribution in [1.82, 2.24) is 9.97 Å². The van der Waals surface area contributed by atoms with Crippen LogP contribution in [0.2, 0.25) is 0 Å². The third-order valence-corrected chi connectivity index (χ3v) is 1.89. The zero-order valence-corrected chi connectivity index (χ0v) is 6.63. The van der Waals surface area contributed by atoms with Gasteiger partial charge in [0.05, 0.1) is 5.52 Å². The van der Waals surface area contributed by atoms with Crippen molar-refractivity contribution in [3.63, 3.8) is 0 Å². The van der Waals surface area contributed by atoms with E-state index < -0.39 is 0 Å². The summed E-state index contributed by atoms with van der Waals surface area (Å²) >= 11 is 0. The third-order valence-electron chi connectivity index (χ3n) is 1.89. The summed E-state index contributed by atoms with van der Waals surface area (Å²) < 4.78 is 0. The van der Waals surface area contributed by atoms with Crippen molar-refractivity contribution in [3.8, 4) is 6.07 Å². The van der Waals surface area contributed by atoms with Crippen LogP contribution < -0.4 is 0 Å². The highest BCUT2D eigenvalue weighted by atomic mass is 14.7. The number of aromatic nitrogens is 2. The molecule has 0 amide bonds. The molecule has 3 nitrogen and oxygen atoms in total. The second-order valence-corrected chi connectivity index (χ2v) is 2.67. The Hall–Kier alpha value is -1.82. The van der Waals surface area contributed by atoms with E-state index in [9.17, 15) is 0 Å². The van der Waals surface area contributed by atoms with Crippen LogP contribution in [0.25, 0.3) is 10.9 Å². The molecule has 0 saturated carbocycles. The van der Waals surface area contributed by atoms with E-state index in [1.165, 1.54) is 0 Å². The van der Waals surface area contributed by atoms with Crippen LogP contribution in [-0.2, 0) is 0 Å². The summed E-state index contributed by atoms with van der Waals surface area (Å²) in [5, 5.41) is 9.62. The number of hydrogen-bond acceptors (Lipinski definition) is 2. The van der Waals surface area contributed by atoms with Gasteiger partial charge in [-0.3, -0.25) is 0 Å². The van der Waals surface area contributed by atoms with E-state index in [1.807, 2.05) is 19.2 Å². The van der Waals surface area contributed by atoms with E-state index in [-0.39, 0.29) is 0 Å². The molecule has 0 aliphatic carbocycles. The quantitative estimate of drug-likeness (QED) is 0.633. The van der Waals surface area contributed by atoms with Crippen molar-refractivity contribution >= 4 is 10.9 Å². The van der Waals surface area contributed by atoms with Gasteiger partial charge in [0.25, 0.3) is 0 Å². The molecule has 0 atom stereocenters. The van der Waals surface area contributed by atoms with Gasteiger partial charge < -0.3 is 4.98 Å². The van der Waals surface area contributed by atoms with E-state index in [2.05, 4.69) is 16.0 Å². The molecule has 2 aromatic heterocycles. The van der Waals surface area contributed by atoms with Crippen LogP contribution >= 0.6 is 0 Å². The topological polar surface area (TPSA) is 52.5 Å². The highest BCUT2D eigenvalue weighted by Gasteiger charge is 2.03. The lowest BCUT2D eigenvalue weighted by Gasteiger charge is -1.95. The second-order valence-electron chi connectivity index (χ2n) is 2.67. The summed E-state index contributed by atoms with van der Waals surface area (Å²) in [6.07, 6.45) is 3.53. The predicted molar refractivity (Wildman–Crippen MR) is 45.5 cm³/mol. The van der Waals surface area contributed by atoms with Crippen LogP contribution in [0.3, 0.4) is 0 Å². The number of nitrogens with one attached hydrogen (secondary N) is 1. The van der Waals surface area contributed by atoms with Gasteiger partial charge in [-0.05, 0) is 18.6 Å². The van der Waals surface area contributed by atoms with Crippen LogP contribution in [0.4, 0.5) is 0 Å². The van der Waals surface area contributed by atoms with Crippen LogP contribution in [0.5, 0.6) is 0 Å². The lowest BCUT2D eigenvalue weighted by Crippen LogP contribution is -1.85. The van der Waals surface area contributed by atoms with Gasteiger partial charge in [0.1, 0.15) is 11.8 Å². The minimum atomic E-state index is 0.483. The van der Waals surface area contributed by atoms with Gasteiger partial charge in [0, 0.05) is 17.8 Å². The summed E-state index contributed by atoms with van der Waals surface area (Å²) in [5.41, 5.74) is 2.55. The van der Waals surface area contributed by atoms with E-state index >= 15 is 0 Å². The molecule has 2 heterocycles. The fraction of sp³-hybridized carbons (Fsp3) is 0.111. The Bertz CT molecular complexity index is 462. The minimum absolute atomic E-state index is 0.483. The maximum atomic E-state index is 8.72. The normalized spacial score (nSPS) is 10.0. The van der Waals surface area contributed by atoms with Gasteiger partial charge in [-0.1, -0.05) is 0 Å². The highest BCUT2D eigenvalue weighted by molar-refractivity contribution is 5.86. The first-order valence-corrected chi connectivity index (χ1v) is 3.65. The van der Waals surface area contributed by atoms with E-state index in [4.69, 9.17) is 5.26 Å².